The summed E-state index contributed by atoms with van der Waals surface area (Å²) in [6.45, 7) is 1.57. The first-order chi connectivity index (χ1) is 7.60. The maximum absolute atomic E-state index is 13.2. The van der Waals surface area contributed by atoms with Crippen LogP contribution in [-0.4, -0.2) is 18.4 Å². The van der Waals surface area contributed by atoms with Gasteiger partial charge >= 0.3 is 5.97 Å². The van der Waals surface area contributed by atoms with Crippen molar-refractivity contribution in [1.82, 2.24) is 0 Å². The maximum atomic E-state index is 13.2. The lowest BCUT2D eigenvalue weighted by molar-refractivity contribution is -0.137. The Morgan fingerprint density at radius 1 is 1.50 bits per heavy atom. The number of carbonyl (C=O) groups excluding carboxylic acids is 2. The van der Waals surface area contributed by atoms with Crippen molar-refractivity contribution in [2.75, 3.05) is 6.61 Å². The molecule has 0 aliphatic heterocycles. The molecule has 1 rings (SSSR count). The summed E-state index contributed by atoms with van der Waals surface area (Å²) >= 11 is 0. The van der Waals surface area contributed by atoms with Crippen molar-refractivity contribution in [3.63, 3.8) is 0 Å². The number of nitriles is 1. The van der Waals surface area contributed by atoms with Crippen LogP contribution < -0.4 is 0 Å². The van der Waals surface area contributed by atoms with Crippen molar-refractivity contribution in [3.8, 4) is 6.07 Å². The van der Waals surface area contributed by atoms with Gasteiger partial charge in [-0.25, -0.2) is 9.18 Å². The molecule has 0 fully saturated rings. The molecule has 0 radical (unpaired) electrons. The molecule has 16 heavy (non-hydrogen) atoms. The van der Waals surface area contributed by atoms with Crippen LogP contribution in [0.3, 0.4) is 0 Å². The molecule has 4 nitrogen and oxygen atoms in total. The summed E-state index contributed by atoms with van der Waals surface area (Å²) in [5.74, 6) is -3.06. The van der Waals surface area contributed by atoms with Gasteiger partial charge in [-0.3, -0.25) is 4.79 Å². The van der Waals surface area contributed by atoms with Gasteiger partial charge in [-0.1, -0.05) is 0 Å². The first-order valence-electron chi connectivity index (χ1n) is 4.51. The summed E-state index contributed by atoms with van der Waals surface area (Å²) in [4.78, 5) is 22.5. The number of ether oxygens (including phenoxy) is 1. The molecule has 0 aliphatic rings. The Bertz CT molecular complexity index is 477. The van der Waals surface area contributed by atoms with Gasteiger partial charge in [-0.2, -0.15) is 5.26 Å². The van der Waals surface area contributed by atoms with E-state index in [0.717, 1.165) is 12.1 Å². The Kier molecular flexibility index (Phi) is 3.72. The zero-order valence-electron chi connectivity index (χ0n) is 8.49. The van der Waals surface area contributed by atoms with Gasteiger partial charge in [0.25, 0.3) is 5.78 Å². The number of carbonyl (C=O) groups is 2. The van der Waals surface area contributed by atoms with Crippen LogP contribution in [0, 0.1) is 17.1 Å². The van der Waals surface area contributed by atoms with E-state index < -0.39 is 23.1 Å². The summed E-state index contributed by atoms with van der Waals surface area (Å²) < 4.78 is 17.7. The van der Waals surface area contributed by atoms with E-state index in [2.05, 4.69) is 4.74 Å². The molecule has 5 heteroatoms. The Morgan fingerprint density at radius 3 is 2.75 bits per heavy atom. The third kappa shape index (κ3) is 2.42. The van der Waals surface area contributed by atoms with Gasteiger partial charge in [0.05, 0.1) is 23.8 Å². The van der Waals surface area contributed by atoms with E-state index in [0.29, 0.717) is 0 Å². The highest BCUT2D eigenvalue weighted by Gasteiger charge is 2.21. The molecule has 0 aromatic heterocycles. The van der Waals surface area contributed by atoms with Crippen molar-refractivity contribution in [3.05, 3.63) is 35.1 Å². The quantitative estimate of drug-likeness (QED) is 0.440. The molecule has 0 saturated heterocycles. The summed E-state index contributed by atoms with van der Waals surface area (Å²) in [5.41, 5.74) is -0.341. The fraction of sp³-hybridized carbons (Fsp3) is 0.182. The van der Waals surface area contributed by atoms with Gasteiger partial charge in [-0.05, 0) is 25.1 Å². The maximum Gasteiger partial charge on any atom is 0.379 e. The fourth-order valence-electron chi connectivity index (χ4n) is 1.08. The minimum atomic E-state index is -1.13. The van der Waals surface area contributed by atoms with Gasteiger partial charge < -0.3 is 4.74 Å². The largest absolute Gasteiger partial charge is 0.460 e. The van der Waals surface area contributed by atoms with Crippen LogP contribution in [0.1, 0.15) is 22.8 Å². The van der Waals surface area contributed by atoms with Crippen LogP contribution >= 0.6 is 0 Å². The number of halogens is 1. The summed E-state index contributed by atoms with van der Waals surface area (Å²) in [6, 6.07) is 4.95. The van der Waals surface area contributed by atoms with Gasteiger partial charge in [0.2, 0.25) is 0 Å². The first-order valence-corrected chi connectivity index (χ1v) is 4.51. The normalized spacial score (nSPS) is 9.31. The van der Waals surface area contributed by atoms with E-state index in [1.165, 1.54) is 13.0 Å². The first kappa shape index (κ1) is 11.9. The van der Waals surface area contributed by atoms with E-state index >= 15 is 0 Å². The highest BCUT2D eigenvalue weighted by Crippen LogP contribution is 2.11. The van der Waals surface area contributed by atoms with Crippen LogP contribution in [0.25, 0.3) is 0 Å². The van der Waals surface area contributed by atoms with Gasteiger partial charge in [0.1, 0.15) is 5.82 Å². The minimum absolute atomic E-state index is 0.0319. The van der Waals surface area contributed by atoms with Crippen molar-refractivity contribution >= 4 is 11.8 Å². The minimum Gasteiger partial charge on any atom is -0.460 e. The van der Waals surface area contributed by atoms with Crippen molar-refractivity contribution in [2.24, 2.45) is 0 Å². The Morgan fingerprint density at radius 2 is 2.19 bits per heavy atom. The van der Waals surface area contributed by atoms with Crippen LogP contribution in [0.5, 0.6) is 0 Å². The lowest BCUT2D eigenvalue weighted by Gasteiger charge is -2.02. The molecular weight excluding hydrogens is 213 g/mol. The third-order valence-electron chi connectivity index (χ3n) is 1.80. The monoisotopic (exact) mass is 221 g/mol. The lowest BCUT2D eigenvalue weighted by Crippen LogP contribution is -2.18. The number of esters is 1. The second kappa shape index (κ2) is 5.03. The van der Waals surface area contributed by atoms with Crippen LogP contribution in [0.4, 0.5) is 4.39 Å². The predicted molar refractivity (Wildman–Crippen MR) is 52.1 cm³/mol. The zero-order valence-corrected chi connectivity index (χ0v) is 8.49. The molecule has 82 valence electrons. The summed E-state index contributed by atoms with van der Waals surface area (Å²) in [6.07, 6.45) is 0. The second-order valence-corrected chi connectivity index (χ2v) is 2.86. The molecular formula is C11H8FNO3. The molecule has 0 heterocycles. The molecule has 0 saturated carbocycles. The number of Topliss-reactive ketones (excluding diaryl/α,β-unsaturated/α-hetero) is 1. The average molecular weight is 221 g/mol. The van der Waals surface area contributed by atoms with Crippen LogP contribution in [0.15, 0.2) is 18.2 Å². The van der Waals surface area contributed by atoms with Crippen LogP contribution in [-0.2, 0) is 9.53 Å². The smallest absolute Gasteiger partial charge is 0.379 e. The van der Waals surface area contributed by atoms with E-state index in [9.17, 15) is 14.0 Å². The zero-order chi connectivity index (χ0) is 12.1. The number of nitrogens with zero attached hydrogens (tertiary/aromatic N) is 1. The molecule has 0 bridgehead atoms. The second-order valence-electron chi connectivity index (χ2n) is 2.86. The molecule has 0 spiro atoms. The Hall–Kier alpha value is -2.22. The number of hydrogen-bond donors (Lipinski definition) is 0. The van der Waals surface area contributed by atoms with Crippen LogP contribution in [0.2, 0.25) is 0 Å². The summed E-state index contributed by atoms with van der Waals surface area (Å²) in [7, 11) is 0. The Labute approximate surface area is 91.3 Å². The van der Waals surface area contributed by atoms with Gasteiger partial charge in [-0.15, -0.1) is 0 Å². The topological polar surface area (TPSA) is 67.2 Å². The molecule has 0 amide bonds. The highest BCUT2D eigenvalue weighted by atomic mass is 19.1. The van der Waals surface area contributed by atoms with E-state index in [4.69, 9.17) is 5.26 Å². The molecule has 1 aromatic rings. The van der Waals surface area contributed by atoms with Gasteiger partial charge in [0, 0.05) is 0 Å². The number of rotatable bonds is 3. The average Bonchev–Trinajstić information content (AvgIpc) is 2.29. The standard InChI is InChI=1S/C11H8FNO3/c1-2-16-11(15)10(14)8-5-7(6-13)3-4-9(8)12/h3-5H,2H2,1H3. The SMILES string of the molecule is CCOC(=O)C(=O)c1cc(C#N)ccc1F. The molecule has 0 unspecified atom stereocenters. The lowest BCUT2D eigenvalue weighted by atomic mass is 10.1. The van der Waals surface area contributed by atoms with E-state index in [-0.39, 0.29) is 12.2 Å². The van der Waals surface area contributed by atoms with Crippen molar-refractivity contribution in [1.29, 1.82) is 5.26 Å². The molecule has 0 N–H and O–H groups in total. The van der Waals surface area contributed by atoms with Crippen molar-refractivity contribution < 1.29 is 18.7 Å². The highest BCUT2D eigenvalue weighted by molar-refractivity contribution is 6.40. The predicted octanol–water partition coefficient (Wildman–Crippen LogP) is 1.44. The van der Waals surface area contributed by atoms with E-state index in [1.807, 2.05) is 0 Å². The fourth-order valence-corrected chi connectivity index (χ4v) is 1.08. The number of benzene rings is 1. The third-order valence-corrected chi connectivity index (χ3v) is 1.80. The molecule has 0 atom stereocenters. The Balaban J connectivity index is 3.08. The van der Waals surface area contributed by atoms with Crippen molar-refractivity contribution in [2.45, 2.75) is 6.92 Å². The number of hydrogen-bond acceptors (Lipinski definition) is 4. The number of ketones is 1. The van der Waals surface area contributed by atoms with Gasteiger partial charge in [0.15, 0.2) is 0 Å². The molecule has 1 aromatic carbocycles. The molecule has 0 aliphatic carbocycles. The van der Waals surface area contributed by atoms with E-state index in [1.54, 1.807) is 6.07 Å². The summed E-state index contributed by atoms with van der Waals surface area (Å²) in [5, 5.41) is 8.58.